The molecular weight excluding hydrogens is 312 g/mol. The second-order valence-corrected chi connectivity index (χ2v) is 6.17. The molecule has 4 unspecified atom stereocenters. The maximum absolute atomic E-state index is 12.6. The van der Waals surface area contributed by atoms with Gasteiger partial charge in [-0.1, -0.05) is 24.3 Å². The van der Waals surface area contributed by atoms with Crippen LogP contribution in [0.5, 0.6) is 0 Å². The molecule has 1 aliphatic carbocycles. The lowest BCUT2D eigenvalue weighted by Crippen LogP contribution is -2.51. The first-order valence-electron chi connectivity index (χ1n) is 7.98. The minimum Gasteiger partial charge on any atom is -0.467 e. The third-order valence-corrected chi connectivity index (χ3v) is 5.31. The molecule has 1 saturated heterocycles. The van der Waals surface area contributed by atoms with Crippen molar-refractivity contribution >= 4 is 11.9 Å². The number of aliphatic hydroxyl groups is 1. The Kier molecular flexibility index (Phi) is 3.30. The normalized spacial score (nSPS) is 32.0. The molecule has 0 spiro atoms. The molecule has 24 heavy (non-hydrogen) atoms. The molecule has 4 rings (SSSR count). The van der Waals surface area contributed by atoms with Crippen molar-refractivity contribution in [1.29, 1.82) is 0 Å². The third kappa shape index (κ3) is 1.57. The number of hydrogen-bond donors (Lipinski definition) is 1. The Morgan fingerprint density at radius 2 is 2.08 bits per heavy atom. The Bertz CT molecular complexity index is 767. The molecule has 2 bridgehead atoms. The van der Waals surface area contributed by atoms with E-state index in [0.29, 0.717) is 11.1 Å². The zero-order valence-corrected chi connectivity index (χ0v) is 13.4. The Hall–Kier alpha value is -2.18. The smallest absolute Gasteiger partial charge is 0.343 e. The van der Waals surface area contributed by atoms with E-state index >= 15 is 0 Å². The van der Waals surface area contributed by atoms with Crippen LogP contribution in [0.25, 0.3) is 0 Å². The predicted octanol–water partition coefficient (Wildman–Crippen LogP) is 1.24. The number of hydrogen-bond acceptors (Lipinski definition) is 6. The second kappa shape index (κ2) is 5.16. The molecule has 0 saturated carbocycles. The Morgan fingerprint density at radius 3 is 2.75 bits per heavy atom. The molecule has 126 valence electrons. The average Bonchev–Trinajstić information content (AvgIpc) is 3.04. The molecular formula is C18H18O6. The molecule has 3 aliphatic rings. The molecule has 1 aromatic rings. The Labute approximate surface area is 139 Å². The first kappa shape index (κ1) is 15.4. The number of benzene rings is 1. The van der Waals surface area contributed by atoms with Crippen LogP contribution in [0.15, 0.2) is 35.4 Å². The van der Waals surface area contributed by atoms with Crippen molar-refractivity contribution in [3.8, 4) is 0 Å². The van der Waals surface area contributed by atoms with Crippen LogP contribution < -0.4 is 0 Å². The maximum Gasteiger partial charge on any atom is 0.343 e. The van der Waals surface area contributed by atoms with E-state index in [2.05, 4.69) is 0 Å². The highest BCUT2D eigenvalue weighted by Crippen LogP contribution is 2.69. The largest absolute Gasteiger partial charge is 0.467 e. The minimum atomic E-state index is -1.28. The summed E-state index contributed by atoms with van der Waals surface area (Å²) in [5.74, 6) is -1.63. The van der Waals surface area contributed by atoms with Gasteiger partial charge in [-0.25, -0.2) is 9.59 Å². The SMILES string of the molecule is CCOC(=O)C1=C(CO)C2C1C1OC2(C(=O)OC)c2ccccc21. The van der Waals surface area contributed by atoms with Gasteiger partial charge in [0.05, 0.1) is 26.4 Å². The van der Waals surface area contributed by atoms with Crippen LogP contribution in [0, 0.1) is 11.8 Å². The fourth-order valence-corrected chi connectivity index (χ4v) is 4.51. The molecule has 4 atom stereocenters. The van der Waals surface area contributed by atoms with Crippen molar-refractivity contribution in [2.45, 2.75) is 18.6 Å². The van der Waals surface area contributed by atoms with Gasteiger partial charge in [-0.05, 0) is 18.1 Å². The molecule has 6 heteroatoms. The van der Waals surface area contributed by atoms with Crippen molar-refractivity contribution in [3.63, 3.8) is 0 Å². The predicted molar refractivity (Wildman–Crippen MR) is 81.7 cm³/mol. The van der Waals surface area contributed by atoms with Crippen molar-refractivity contribution in [3.05, 3.63) is 46.5 Å². The van der Waals surface area contributed by atoms with Gasteiger partial charge in [-0.3, -0.25) is 0 Å². The summed E-state index contributed by atoms with van der Waals surface area (Å²) in [6.07, 6.45) is -0.403. The lowest BCUT2D eigenvalue weighted by molar-refractivity contribution is -0.169. The zero-order chi connectivity index (χ0) is 17.1. The number of rotatable bonds is 4. The summed E-state index contributed by atoms with van der Waals surface area (Å²) in [6, 6.07) is 7.47. The van der Waals surface area contributed by atoms with Crippen molar-refractivity contribution in [1.82, 2.24) is 0 Å². The van der Waals surface area contributed by atoms with Crippen molar-refractivity contribution in [2.75, 3.05) is 20.3 Å². The topological polar surface area (TPSA) is 82.1 Å². The number of aliphatic hydroxyl groups excluding tert-OH is 1. The molecule has 0 radical (unpaired) electrons. The highest BCUT2D eigenvalue weighted by atomic mass is 16.6. The van der Waals surface area contributed by atoms with Crippen LogP contribution in [0.3, 0.4) is 0 Å². The summed E-state index contributed by atoms with van der Waals surface area (Å²) in [7, 11) is 1.32. The summed E-state index contributed by atoms with van der Waals surface area (Å²) in [6.45, 7) is 1.67. The fraction of sp³-hybridized carbons (Fsp3) is 0.444. The molecule has 6 nitrogen and oxygen atoms in total. The van der Waals surface area contributed by atoms with Gasteiger partial charge in [-0.2, -0.15) is 0 Å². The van der Waals surface area contributed by atoms with E-state index in [4.69, 9.17) is 14.2 Å². The number of ether oxygens (including phenoxy) is 3. The molecule has 2 heterocycles. The molecule has 0 amide bonds. The molecule has 1 aromatic carbocycles. The molecule has 1 N–H and O–H groups in total. The fourth-order valence-electron chi connectivity index (χ4n) is 4.51. The van der Waals surface area contributed by atoms with Gasteiger partial charge in [0.2, 0.25) is 0 Å². The van der Waals surface area contributed by atoms with E-state index in [9.17, 15) is 14.7 Å². The summed E-state index contributed by atoms with van der Waals surface area (Å²) >= 11 is 0. The lowest BCUT2D eigenvalue weighted by atomic mass is 9.55. The van der Waals surface area contributed by atoms with Gasteiger partial charge in [0.25, 0.3) is 0 Å². The van der Waals surface area contributed by atoms with E-state index in [1.807, 2.05) is 24.3 Å². The summed E-state index contributed by atoms with van der Waals surface area (Å²) in [5, 5.41) is 9.79. The summed E-state index contributed by atoms with van der Waals surface area (Å²) in [4.78, 5) is 24.9. The number of fused-ring (bicyclic) bond motifs is 8. The van der Waals surface area contributed by atoms with Crippen LogP contribution in [0.2, 0.25) is 0 Å². The minimum absolute atomic E-state index is 0.253. The standard InChI is InChI=1S/C18H18O6/c1-3-23-16(20)12-10(8-19)14-13(12)15-9-6-4-5-7-11(9)18(14,24-15)17(21)22-2/h4-7,13-15,19H,3,8H2,1-2H3. The highest BCUT2D eigenvalue weighted by molar-refractivity contribution is 5.96. The van der Waals surface area contributed by atoms with E-state index in [0.717, 1.165) is 11.1 Å². The monoisotopic (exact) mass is 330 g/mol. The quantitative estimate of drug-likeness (QED) is 0.837. The van der Waals surface area contributed by atoms with Gasteiger partial charge in [-0.15, -0.1) is 0 Å². The average molecular weight is 330 g/mol. The van der Waals surface area contributed by atoms with Crippen LogP contribution in [0.4, 0.5) is 0 Å². The van der Waals surface area contributed by atoms with Crippen LogP contribution in [-0.4, -0.2) is 37.4 Å². The summed E-state index contributed by atoms with van der Waals surface area (Å²) in [5.41, 5.74) is 1.32. The Balaban J connectivity index is 1.88. The number of methoxy groups -OCH3 is 1. The first-order valence-corrected chi connectivity index (χ1v) is 7.98. The highest BCUT2D eigenvalue weighted by Gasteiger charge is 2.73. The second-order valence-electron chi connectivity index (χ2n) is 6.17. The van der Waals surface area contributed by atoms with Crippen LogP contribution in [-0.2, 0) is 29.4 Å². The van der Waals surface area contributed by atoms with E-state index in [-0.39, 0.29) is 19.1 Å². The van der Waals surface area contributed by atoms with E-state index in [1.165, 1.54) is 7.11 Å². The van der Waals surface area contributed by atoms with Gasteiger partial charge in [0.1, 0.15) is 0 Å². The zero-order valence-electron chi connectivity index (χ0n) is 13.4. The molecule has 1 fully saturated rings. The first-order chi connectivity index (χ1) is 11.6. The summed E-state index contributed by atoms with van der Waals surface area (Å²) < 4.78 is 16.3. The van der Waals surface area contributed by atoms with Gasteiger partial charge in [0.15, 0.2) is 5.60 Å². The van der Waals surface area contributed by atoms with Gasteiger partial charge < -0.3 is 19.3 Å². The number of esters is 2. The maximum atomic E-state index is 12.6. The van der Waals surface area contributed by atoms with E-state index < -0.39 is 29.6 Å². The lowest BCUT2D eigenvalue weighted by Gasteiger charge is -2.44. The van der Waals surface area contributed by atoms with Crippen molar-refractivity contribution < 1.29 is 28.9 Å². The number of carbonyl (C=O) groups excluding carboxylic acids is 2. The third-order valence-electron chi connectivity index (χ3n) is 5.31. The van der Waals surface area contributed by atoms with E-state index in [1.54, 1.807) is 6.92 Å². The number of carbonyl (C=O) groups is 2. The van der Waals surface area contributed by atoms with Crippen LogP contribution >= 0.6 is 0 Å². The van der Waals surface area contributed by atoms with Crippen LogP contribution in [0.1, 0.15) is 24.2 Å². The molecule has 2 aliphatic heterocycles. The molecule has 0 aromatic heterocycles. The van der Waals surface area contributed by atoms with Gasteiger partial charge >= 0.3 is 11.9 Å². The van der Waals surface area contributed by atoms with Gasteiger partial charge in [0, 0.05) is 23.0 Å². The van der Waals surface area contributed by atoms with Crippen molar-refractivity contribution in [2.24, 2.45) is 11.8 Å². The Morgan fingerprint density at radius 1 is 1.33 bits per heavy atom.